The minimum Gasteiger partial charge on any atom is -0.465 e. The fourth-order valence-electron chi connectivity index (χ4n) is 2.44. The number of hydrogen-bond donors (Lipinski definition) is 0. The number of halogens is 2. The molecule has 0 saturated heterocycles. The third kappa shape index (κ3) is 4.27. The lowest BCUT2D eigenvalue weighted by atomic mass is 9.96. The highest BCUT2D eigenvalue weighted by atomic mass is 35.5. The molecular weight excluding hydrogens is 411 g/mol. The van der Waals surface area contributed by atoms with E-state index in [0.29, 0.717) is 0 Å². The Morgan fingerprint density at radius 3 is 1.29 bits per heavy atom. The highest BCUT2D eigenvalue weighted by molar-refractivity contribution is 6.68. The van der Waals surface area contributed by atoms with Crippen molar-refractivity contribution in [3.05, 3.63) is 69.8 Å². The van der Waals surface area contributed by atoms with Crippen LogP contribution >= 0.6 is 23.2 Å². The van der Waals surface area contributed by atoms with Gasteiger partial charge in [-0.3, -0.25) is 14.4 Å². The van der Waals surface area contributed by atoms with E-state index in [9.17, 15) is 24.0 Å². The number of carbonyl (C=O) groups is 5. The number of hydrogen-bond acceptors (Lipinski definition) is 7. The lowest BCUT2D eigenvalue weighted by Crippen LogP contribution is -2.13. The van der Waals surface area contributed by atoms with Gasteiger partial charge in [0, 0.05) is 22.3 Å². The van der Waals surface area contributed by atoms with E-state index in [1.165, 1.54) is 24.3 Å². The standard InChI is InChI=1S/C19H12Cl2O7/c1-27-18(25)13-7-9(3-5-11(13)16(20)23)15(22)10-4-6-12(17(21)24)14(8-10)19(26)28-2/h3-8H,1-2H3. The topological polar surface area (TPSA) is 104 Å². The minimum absolute atomic E-state index is 0.0304. The molecule has 0 aromatic heterocycles. The van der Waals surface area contributed by atoms with Crippen LogP contribution in [0.2, 0.25) is 0 Å². The number of benzene rings is 2. The third-order valence-corrected chi connectivity index (χ3v) is 4.20. The highest BCUT2D eigenvalue weighted by Crippen LogP contribution is 2.21. The molecule has 0 radical (unpaired) electrons. The summed E-state index contributed by atoms with van der Waals surface area (Å²) in [5.41, 5.74) is -0.555. The molecule has 0 aliphatic heterocycles. The molecule has 0 unspecified atom stereocenters. The maximum absolute atomic E-state index is 12.8. The Labute approximate surface area is 169 Å². The molecule has 0 fully saturated rings. The predicted molar refractivity (Wildman–Crippen MR) is 99.4 cm³/mol. The SMILES string of the molecule is COC(=O)c1cc(C(=O)c2ccc(C(=O)Cl)c(C(=O)OC)c2)ccc1C(=O)Cl. The maximum atomic E-state index is 12.8. The summed E-state index contributed by atoms with van der Waals surface area (Å²) in [4.78, 5) is 59.5. The van der Waals surface area contributed by atoms with E-state index in [4.69, 9.17) is 23.2 Å². The van der Waals surface area contributed by atoms with Gasteiger partial charge in [-0.25, -0.2) is 9.59 Å². The summed E-state index contributed by atoms with van der Waals surface area (Å²) >= 11 is 10.9. The summed E-state index contributed by atoms with van der Waals surface area (Å²) in [6, 6.07) is 7.33. The zero-order valence-electron chi connectivity index (χ0n) is 14.6. The number of rotatable bonds is 6. The number of esters is 2. The number of carbonyl (C=O) groups excluding carboxylic acids is 5. The molecule has 0 heterocycles. The van der Waals surface area contributed by atoms with Crippen LogP contribution in [0.1, 0.15) is 57.4 Å². The van der Waals surface area contributed by atoms with Gasteiger partial charge in [0.25, 0.3) is 10.5 Å². The molecule has 144 valence electrons. The lowest BCUT2D eigenvalue weighted by molar-refractivity contribution is 0.0590. The second-order valence-electron chi connectivity index (χ2n) is 5.38. The van der Waals surface area contributed by atoms with Gasteiger partial charge >= 0.3 is 11.9 Å². The van der Waals surface area contributed by atoms with E-state index >= 15 is 0 Å². The van der Waals surface area contributed by atoms with Crippen molar-refractivity contribution in [1.82, 2.24) is 0 Å². The summed E-state index contributed by atoms with van der Waals surface area (Å²) in [6.07, 6.45) is 0. The molecule has 9 heteroatoms. The fourth-order valence-corrected chi connectivity index (χ4v) is 2.77. The predicted octanol–water partition coefficient (Wildman–Crippen LogP) is 3.25. The molecule has 28 heavy (non-hydrogen) atoms. The van der Waals surface area contributed by atoms with Gasteiger partial charge in [0.05, 0.1) is 25.3 Å². The molecule has 0 atom stereocenters. The molecule has 2 aromatic rings. The van der Waals surface area contributed by atoms with E-state index in [1.54, 1.807) is 0 Å². The molecule has 2 aromatic carbocycles. The Hall–Kier alpha value is -3.03. The molecule has 0 amide bonds. The van der Waals surface area contributed by atoms with Gasteiger partial charge in [0.2, 0.25) is 0 Å². The average Bonchev–Trinajstić information content (AvgIpc) is 2.70. The zero-order chi connectivity index (χ0) is 21.0. The van der Waals surface area contributed by atoms with Gasteiger partial charge in [-0.15, -0.1) is 0 Å². The van der Waals surface area contributed by atoms with Crippen molar-refractivity contribution in [3.63, 3.8) is 0 Å². The van der Waals surface area contributed by atoms with E-state index in [0.717, 1.165) is 26.4 Å². The fraction of sp³-hybridized carbons (Fsp3) is 0.105. The van der Waals surface area contributed by atoms with E-state index in [-0.39, 0.29) is 33.4 Å². The molecule has 2 rings (SSSR count). The van der Waals surface area contributed by atoms with Crippen LogP contribution in [0.25, 0.3) is 0 Å². The number of ether oxygens (including phenoxy) is 2. The first-order valence-electron chi connectivity index (χ1n) is 7.60. The Kier molecular flexibility index (Phi) is 6.66. The average molecular weight is 423 g/mol. The van der Waals surface area contributed by atoms with Crippen molar-refractivity contribution in [2.45, 2.75) is 0 Å². The zero-order valence-corrected chi connectivity index (χ0v) is 16.1. The second-order valence-corrected chi connectivity index (χ2v) is 6.07. The summed E-state index contributed by atoms with van der Waals surface area (Å²) in [5, 5.41) is -1.78. The van der Waals surface area contributed by atoms with Gasteiger partial charge in [-0.1, -0.05) is 12.1 Å². The van der Waals surface area contributed by atoms with E-state index in [2.05, 4.69) is 9.47 Å². The normalized spacial score (nSPS) is 10.1. The summed E-state index contributed by atoms with van der Waals surface area (Å²) in [6.45, 7) is 0. The Morgan fingerprint density at radius 1 is 0.643 bits per heavy atom. The van der Waals surface area contributed by atoms with Crippen LogP contribution in [0.4, 0.5) is 0 Å². The lowest BCUT2D eigenvalue weighted by Gasteiger charge is -2.09. The third-order valence-electron chi connectivity index (χ3n) is 3.80. The molecule has 0 aliphatic carbocycles. The van der Waals surface area contributed by atoms with Crippen LogP contribution in [0.5, 0.6) is 0 Å². The van der Waals surface area contributed by atoms with Crippen molar-refractivity contribution in [2.24, 2.45) is 0 Å². The molecule has 0 aliphatic rings. The van der Waals surface area contributed by atoms with Gasteiger partial charge in [0.1, 0.15) is 0 Å². The quantitative estimate of drug-likeness (QED) is 0.399. The van der Waals surface area contributed by atoms with Crippen LogP contribution in [0.3, 0.4) is 0 Å². The second kappa shape index (κ2) is 8.77. The van der Waals surface area contributed by atoms with Crippen LogP contribution in [-0.4, -0.2) is 42.4 Å². The van der Waals surface area contributed by atoms with Crippen LogP contribution in [0, 0.1) is 0 Å². The van der Waals surface area contributed by atoms with Crippen LogP contribution < -0.4 is 0 Å². The van der Waals surface area contributed by atoms with Gasteiger partial charge in [0.15, 0.2) is 5.78 Å². The molecular formula is C19H12Cl2O7. The van der Waals surface area contributed by atoms with Gasteiger partial charge in [-0.05, 0) is 47.5 Å². The molecule has 0 saturated carbocycles. The largest absolute Gasteiger partial charge is 0.465 e. The minimum atomic E-state index is -0.891. The van der Waals surface area contributed by atoms with Crippen molar-refractivity contribution >= 4 is 51.4 Å². The Bertz CT molecular complexity index is 932. The number of methoxy groups -OCH3 is 2. The van der Waals surface area contributed by atoms with Crippen molar-refractivity contribution in [3.8, 4) is 0 Å². The summed E-state index contributed by atoms with van der Waals surface area (Å²) in [7, 11) is 2.23. The van der Waals surface area contributed by atoms with E-state index in [1.807, 2.05) is 0 Å². The van der Waals surface area contributed by atoms with Crippen LogP contribution in [0.15, 0.2) is 36.4 Å². The highest BCUT2D eigenvalue weighted by Gasteiger charge is 2.22. The molecule has 0 spiro atoms. The van der Waals surface area contributed by atoms with E-state index < -0.39 is 28.2 Å². The molecule has 0 bridgehead atoms. The maximum Gasteiger partial charge on any atom is 0.338 e. The summed E-state index contributed by atoms with van der Waals surface area (Å²) < 4.78 is 9.20. The van der Waals surface area contributed by atoms with Crippen LogP contribution in [-0.2, 0) is 9.47 Å². The van der Waals surface area contributed by atoms with Crippen molar-refractivity contribution in [2.75, 3.05) is 14.2 Å². The van der Waals surface area contributed by atoms with Gasteiger partial charge < -0.3 is 9.47 Å². The van der Waals surface area contributed by atoms with Crippen molar-refractivity contribution < 1.29 is 33.4 Å². The first-order chi connectivity index (χ1) is 13.2. The van der Waals surface area contributed by atoms with Gasteiger partial charge in [-0.2, -0.15) is 0 Å². The number of ketones is 1. The van der Waals surface area contributed by atoms with Crippen molar-refractivity contribution in [1.29, 1.82) is 0 Å². The monoisotopic (exact) mass is 422 g/mol. The molecule has 7 nitrogen and oxygen atoms in total. The molecule has 0 N–H and O–H groups in total. The summed E-state index contributed by atoms with van der Waals surface area (Å²) in [5.74, 6) is -2.29. The first kappa shape index (κ1) is 21.3. The Balaban J connectivity index is 2.57. The Morgan fingerprint density at radius 2 is 1.00 bits per heavy atom. The first-order valence-corrected chi connectivity index (χ1v) is 8.36. The smallest absolute Gasteiger partial charge is 0.338 e.